The monoisotopic (exact) mass is 666 g/mol. The predicted molar refractivity (Wildman–Crippen MR) is 217 cm³/mol. The van der Waals surface area contributed by atoms with Crippen LogP contribution in [0, 0.1) is 0 Å². The molecule has 0 saturated carbocycles. The topological polar surface area (TPSA) is 25.8 Å². The van der Waals surface area contributed by atoms with Gasteiger partial charge in [0, 0.05) is 31.8 Å². The smallest absolute Gasteiger partial charge is 0.160 e. The first kappa shape index (κ1) is 29.5. The van der Waals surface area contributed by atoms with Gasteiger partial charge in [0.15, 0.2) is 5.82 Å². The van der Waals surface area contributed by atoms with Gasteiger partial charge in [0.05, 0.1) is 11.4 Å². The van der Waals surface area contributed by atoms with E-state index in [-0.39, 0.29) is 0 Å². The fourth-order valence-electron chi connectivity index (χ4n) is 7.42. The minimum Gasteiger partial charge on any atom is -0.228 e. The van der Waals surface area contributed by atoms with Gasteiger partial charge in [-0.2, -0.15) is 0 Å². The maximum Gasteiger partial charge on any atom is 0.160 e. The highest BCUT2D eigenvalue weighted by Crippen LogP contribution is 2.43. The van der Waals surface area contributed by atoms with Crippen LogP contribution in [0.4, 0.5) is 0 Å². The average Bonchev–Trinajstić information content (AvgIpc) is 3.65. The van der Waals surface area contributed by atoms with Crippen molar-refractivity contribution in [1.29, 1.82) is 0 Å². The zero-order valence-electron chi connectivity index (χ0n) is 27.6. The van der Waals surface area contributed by atoms with E-state index < -0.39 is 0 Å². The van der Waals surface area contributed by atoms with Crippen molar-refractivity contribution in [2.45, 2.75) is 0 Å². The first-order valence-electron chi connectivity index (χ1n) is 17.2. The van der Waals surface area contributed by atoms with Crippen LogP contribution in [0.2, 0.25) is 0 Å². The third-order valence-electron chi connectivity index (χ3n) is 9.90. The van der Waals surface area contributed by atoms with Crippen molar-refractivity contribution in [1.82, 2.24) is 9.97 Å². The standard InChI is InChI=1S/C48H30N2S/c1-2-12-31(13-3-1)32-22-24-34(25-23-32)48-49-43(39-19-9-10-20-40(39)46-29-36-16-6-11-21-45(36)51-46)30-44(50-48)47-38-18-8-5-15-35(38)28-42-37-17-7-4-14-33(37)26-27-41(42)47/h1-30H. The second kappa shape index (κ2) is 12.2. The van der Waals surface area contributed by atoms with Gasteiger partial charge in [0.25, 0.3) is 0 Å². The third kappa shape index (κ3) is 5.18. The van der Waals surface area contributed by atoms with Crippen LogP contribution in [0.1, 0.15) is 0 Å². The molecular formula is C48H30N2S. The van der Waals surface area contributed by atoms with Crippen LogP contribution in [0.5, 0.6) is 0 Å². The second-order valence-corrected chi connectivity index (χ2v) is 14.0. The summed E-state index contributed by atoms with van der Waals surface area (Å²) in [5.74, 6) is 0.704. The van der Waals surface area contributed by atoms with E-state index in [0.29, 0.717) is 5.82 Å². The summed E-state index contributed by atoms with van der Waals surface area (Å²) in [5, 5.41) is 8.49. The zero-order chi connectivity index (χ0) is 33.7. The molecule has 0 spiro atoms. The summed E-state index contributed by atoms with van der Waals surface area (Å²) in [6.45, 7) is 0. The molecule has 3 heteroatoms. The first-order valence-corrected chi connectivity index (χ1v) is 18.1. The molecule has 0 aliphatic carbocycles. The highest BCUT2D eigenvalue weighted by molar-refractivity contribution is 7.22. The third-order valence-corrected chi connectivity index (χ3v) is 11.0. The van der Waals surface area contributed by atoms with E-state index >= 15 is 0 Å². The predicted octanol–water partition coefficient (Wildman–Crippen LogP) is 13.5. The molecule has 0 saturated heterocycles. The Morgan fingerprint density at radius 1 is 0.353 bits per heavy atom. The molecule has 0 bridgehead atoms. The molecule has 0 radical (unpaired) electrons. The molecule has 0 aliphatic heterocycles. The summed E-state index contributed by atoms with van der Waals surface area (Å²) >= 11 is 1.82. The Labute approximate surface area is 300 Å². The molecule has 2 heterocycles. The van der Waals surface area contributed by atoms with E-state index in [1.54, 1.807) is 0 Å². The molecule has 0 atom stereocenters. The highest BCUT2D eigenvalue weighted by atomic mass is 32.1. The van der Waals surface area contributed by atoms with Crippen molar-refractivity contribution in [2.75, 3.05) is 0 Å². The highest BCUT2D eigenvalue weighted by Gasteiger charge is 2.19. The van der Waals surface area contributed by atoms with Gasteiger partial charge in [-0.1, -0.05) is 158 Å². The lowest BCUT2D eigenvalue weighted by molar-refractivity contribution is 1.19. The van der Waals surface area contributed by atoms with E-state index in [1.165, 1.54) is 58.4 Å². The number of aromatic nitrogens is 2. The molecule has 0 unspecified atom stereocenters. The largest absolute Gasteiger partial charge is 0.228 e. The van der Waals surface area contributed by atoms with Crippen LogP contribution in [0.3, 0.4) is 0 Å². The van der Waals surface area contributed by atoms with Crippen molar-refractivity contribution in [3.8, 4) is 55.5 Å². The van der Waals surface area contributed by atoms with Gasteiger partial charge in [0.1, 0.15) is 0 Å². The van der Waals surface area contributed by atoms with Crippen LogP contribution in [0.25, 0.3) is 97.9 Å². The van der Waals surface area contributed by atoms with E-state index in [9.17, 15) is 0 Å². The summed E-state index contributed by atoms with van der Waals surface area (Å²) < 4.78 is 1.28. The van der Waals surface area contributed by atoms with Gasteiger partial charge in [-0.15, -0.1) is 11.3 Å². The number of hydrogen-bond donors (Lipinski definition) is 0. The molecule has 10 rings (SSSR count). The number of benzene rings is 8. The number of fused-ring (bicyclic) bond motifs is 5. The van der Waals surface area contributed by atoms with Crippen LogP contribution >= 0.6 is 11.3 Å². The molecule has 51 heavy (non-hydrogen) atoms. The molecule has 0 fully saturated rings. The number of thiophene rings is 1. The minimum absolute atomic E-state index is 0.704. The Bertz CT molecular complexity index is 2870. The van der Waals surface area contributed by atoms with E-state index in [4.69, 9.17) is 9.97 Å². The molecule has 0 amide bonds. The van der Waals surface area contributed by atoms with Gasteiger partial charge in [-0.25, -0.2) is 9.97 Å². The Morgan fingerprint density at radius 2 is 0.980 bits per heavy atom. The normalized spacial score (nSPS) is 11.5. The molecule has 0 N–H and O–H groups in total. The Hall–Kier alpha value is -6.42. The summed E-state index contributed by atoms with van der Waals surface area (Å²) in [4.78, 5) is 12.0. The molecule has 2 nitrogen and oxygen atoms in total. The van der Waals surface area contributed by atoms with Crippen molar-refractivity contribution in [3.05, 3.63) is 182 Å². The average molecular weight is 667 g/mol. The minimum atomic E-state index is 0.704. The quantitative estimate of drug-likeness (QED) is 0.135. The molecule has 0 aliphatic rings. The SMILES string of the molecule is c1ccc(-c2ccc(-c3nc(-c4ccccc4-c4cc5ccccc5s4)cc(-c4c5ccccc5cc5c4ccc4ccccc45)n3)cc2)cc1. The number of rotatable bonds is 5. The van der Waals surface area contributed by atoms with Gasteiger partial charge < -0.3 is 0 Å². The van der Waals surface area contributed by atoms with E-state index in [0.717, 1.165) is 33.6 Å². The molecule has 8 aromatic carbocycles. The molecule has 238 valence electrons. The van der Waals surface area contributed by atoms with E-state index in [2.05, 4.69) is 182 Å². The van der Waals surface area contributed by atoms with Crippen LogP contribution < -0.4 is 0 Å². The molecule has 10 aromatic rings. The summed E-state index contributed by atoms with van der Waals surface area (Å²) in [6.07, 6.45) is 0. The van der Waals surface area contributed by atoms with Crippen LogP contribution in [-0.4, -0.2) is 9.97 Å². The van der Waals surface area contributed by atoms with Crippen molar-refractivity contribution < 1.29 is 0 Å². The summed E-state index contributed by atoms with van der Waals surface area (Å²) in [6, 6.07) is 65.0. The van der Waals surface area contributed by atoms with Crippen molar-refractivity contribution >= 4 is 53.7 Å². The van der Waals surface area contributed by atoms with Crippen molar-refractivity contribution in [3.63, 3.8) is 0 Å². The van der Waals surface area contributed by atoms with Gasteiger partial charge in [-0.3, -0.25) is 0 Å². The number of hydrogen-bond acceptors (Lipinski definition) is 3. The second-order valence-electron chi connectivity index (χ2n) is 13.0. The van der Waals surface area contributed by atoms with Crippen LogP contribution in [-0.2, 0) is 0 Å². The lowest BCUT2D eigenvalue weighted by Crippen LogP contribution is -1.98. The molecule has 2 aromatic heterocycles. The summed E-state index contributed by atoms with van der Waals surface area (Å²) in [5.41, 5.74) is 8.52. The van der Waals surface area contributed by atoms with Crippen molar-refractivity contribution in [2.24, 2.45) is 0 Å². The van der Waals surface area contributed by atoms with Crippen LogP contribution in [0.15, 0.2) is 182 Å². The van der Waals surface area contributed by atoms with Gasteiger partial charge in [0.2, 0.25) is 0 Å². The lowest BCUT2D eigenvalue weighted by atomic mass is 9.91. The molecular weight excluding hydrogens is 637 g/mol. The van der Waals surface area contributed by atoms with Gasteiger partial charge in [-0.05, 0) is 73.1 Å². The number of nitrogens with zero attached hydrogens (tertiary/aromatic N) is 2. The first-order chi connectivity index (χ1) is 25.3. The van der Waals surface area contributed by atoms with E-state index in [1.807, 2.05) is 11.3 Å². The Balaban J connectivity index is 1.24. The van der Waals surface area contributed by atoms with Gasteiger partial charge >= 0.3 is 0 Å². The lowest BCUT2D eigenvalue weighted by Gasteiger charge is -2.16. The fourth-order valence-corrected chi connectivity index (χ4v) is 8.52. The maximum absolute atomic E-state index is 5.41. The Kier molecular flexibility index (Phi) is 7.04. The fraction of sp³-hybridized carbons (Fsp3) is 0. The summed E-state index contributed by atoms with van der Waals surface area (Å²) in [7, 11) is 0. The zero-order valence-corrected chi connectivity index (χ0v) is 28.4. The maximum atomic E-state index is 5.41. The Morgan fingerprint density at radius 3 is 1.80 bits per heavy atom.